The summed E-state index contributed by atoms with van der Waals surface area (Å²) in [6.45, 7) is 5.30. The van der Waals surface area contributed by atoms with Gasteiger partial charge in [0.15, 0.2) is 9.84 Å². The van der Waals surface area contributed by atoms with Crippen molar-refractivity contribution in [2.75, 3.05) is 18.1 Å². The highest BCUT2D eigenvalue weighted by molar-refractivity contribution is 7.92. The van der Waals surface area contributed by atoms with Crippen LogP contribution in [0.15, 0.2) is 41.8 Å². The summed E-state index contributed by atoms with van der Waals surface area (Å²) in [4.78, 5) is 0.0873. The van der Waals surface area contributed by atoms with E-state index in [-0.39, 0.29) is 29.4 Å². The predicted molar refractivity (Wildman–Crippen MR) is 87.2 cm³/mol. The summed E-state index contributed by atoms with van der Waals surface area (Å²) in [6, 6.07) is 5.82. The van der Waals surface area contributed by atoms with E-state index in [1.165, 1.54) is 34.6 Å². The second-order valence-electron chi connectivity index (χ2n) is 5.62. The van der Waals surface area contributed by atoms with Crippen LogP contribution in [-0.4, -0.2) is 44.7 Å². The van der Waals surface area contributed by atoms with Crippen molar-refractivity contribution in [1.29, 1.82) is 0 Å². The van der Waals surface area contributed by atoms with E-state index in [9.17, 15) is 16.8 Å². The molecule has 1 fully saturated rings. The second-order valence-corrected chi connectivity index (χ2v) is 10.1. The Balaban J connectivity index is 2.47. The molecule has 1 aromatic carbocycles. The molecule has 0 bridgehead atoms. The molecule has 0 spiro atoms. The largest absolute Gasteiger partial charge is 0.243 e. The summed E-state index contributed by atoms with van der Waals surface area (Å²) < 4.78 is 50.6. The third-order valence-corrected chi connectivity index (χ3v) is 7.96. The Bertz CT molecular complexity index is 772. The summed E-state index contributed by atoms with van der Waals surface area (Å²) in [5.74, 6) is -0.187. The van der Waals surface area contributed by atoms with Crippen molar-refractivity contribution in [2.24, 2.45) is 0 Å². The maximum absolute atomic E-state index is 12.9. The number of sulfonamides is 1. The first-order valence-electron chi connectivity index (χ1n) is 6.70. The minimum absolute atomic E-state index is 0.00667. The number of hydrogen-bond donors (Lipinski definition) is 0. The number of hydrogen-bond acceptors (Lipinski definition) is 4. The van der Waals surface area contributed by atoms with Crippen molar-refractivity contribution in [3.8, 4) is 0 Å². The molecular weight excluding hydrogens is 346 g/mol. The highest BCUT2D eigenvalue weighted by Crippen LogP contribution is 2.34. The van der Waals surface area contributed by atoms with E-state index in [0.717, 1.165) is 0 Å². The number of sulfone groups is 1. The smallest absolute Gasteiger partial charge is 0.229 e. The molecule has 0 amide bonds. The number of rotatable bonds is 5. The Hall–Kier alpha value is -0.890. The summed E-state index contributed by atoms with van der Waals surface area (Å²) in [7, 11) is -7.06. The van der Waals surface area contributed by atoms with E-state index in [1.54, 1.807) is 6.92 Å². The number of halogens is 1. The summed E-state index contributed by atoms with van der Waals surface area (Å²) in [6.07, 6.45) is 1.74. The van der Waals surface area contributed by atoms with E-state index in [4.69, 9.17) is 11.6 Å². The monoisotopic (exact) mass is 363 g/mol. The van der Waals surface area contributed by atoms with Gasteiger partial charge in [-0.15, -0.1) is 6.58 Å². The Kier molecular flexibility index (Phi) is 4.73. The molecule has 5 nitrogen and oxygen atoms in total. The van der Waals surface area contributed by atoms with Gasteiger partial charge in [-0.25, -0.2) is 16.8 Å². The van der Waals surface area contributed by atoms with Crippen LogP contribution in [0, 0.1) is 0 Å². The minimum Gasteiger partial charge on any atom is -0.229 e. The molecule has 1 aromatic rings. The molecule has 1 heterocycles. The lowest BCUT2D eigenvalue weighted by atomic mass is 10.0. The van der Waals surface area contributed by atoms with E-state index < -0.39 is 25.4 Å². The average Bonchev–Trinajstić information content (AvgIpc) is 2.71. The highest BCUT2D eigenvalue weighted by atomic mass is 35.5. The third-order valence-electron chi connectivity index (χ3n) is 3.78. The lowest BCUT2D eigenvalue weighted by Crippen LogP contribution is -2.50. The zero-order valence-corrected chi connectivity index (χ0v) is 14.6. The van der Waals surface area contributed by atoms with Gasteiger partial charge in [0.1, 0.15) is 0 Å². The molecule has 0 saturated carbocycles. The van der Waals surface area contributed by atoms with Crippen LogP contribution >= 0.6 is 11.6 Å². The van der Waals surface area contributed by atoms with E-state index >= 15 is 0 Å². The lowest BCUT2D eigenvalue weighted by Gasteiger charge is -2.35. The van der Waals surface area contributed by atoms with Gasteiger partial charge in [-0.2, -0.15) is 4.31 Å². The van der Waals surface area contributed by atoms with Gasteiger partial charge < -0.3 is 0 Å². The van der Waals surface area contributed by atoms with Gasteiger partial charge in [-0.05, 0) is 37.6 Å². The average molecular weight is 364 g/mol. The van der Waals surface area contributed by atoms with Crippen LogP contribution in [0.3, 0.4) is 0 Å². The van der Waals surface area contributed by atoms with Gasteiger partial charge in [0.2, 0.25) is 10.0 Å². The van der Waals surface area contributed by atoms with Gasteiger partial charge in [0.05, 0.1) is 16.4 Å². The number of benzene rings is 1. The zero-order valence-electron chi connectivity index (χ0n) is 12.2. The molecule has 22 heavy (non-hydrogen) atoms. The van der Waals surface area contributed by atoms with Crippen molar-refractivity contribution in [3.63, 3.8) is 0 Å². The van der Waals surface area contributed by atoms with Crippen molar-refractivity contribution in [3.05, 3.63) is 41.9 Å². The zero-order chi connectivity index (χ0) is 16.6. The van der Waals surface area contributed by atoms with Crippen LogP contribution in [-0.2, 0) is 19.9 Å². The molecule has 1 aliphatic heterocycles. The lowest BCUT2D eigenvalue weighted by molar-refractivity contribution is 0.252. The topological polar surface area (TPSA) is 71.5 Å². The summed E-state index contributed by atoms with van der Waals surface area (Å²) >= 11 is 5.79. The van der Waals surface area contributed by atoms with Gasteiger partial charge in [-0.1, -0.05) is 17.7 Å². The van der Waals surface area contributed by atoms with Crippen molar-refractivity contribution < 1.29 is 16.8 Å². The standard InChI is InChI=1S/C14H18ClNO4S2/c1-3-9-16(14(2)8-10-21(17,18)11-14)22(19,20)13-6-4-12(15)5-7-13/h3-7H,1,8-11H2,2H3/t14-/m1/s1. The first kappa shape index (κ1) is 17.5. The molecule has 1 atom stereocenters. The molecule has 1 saturated heterocycles. The molecule has 2 rings (SSSR count). The maximum atomic E-state index is 12.9. The van der Waals surface area contributed by atoms with Gasteiger partial charge in [0, 0.05) is 17.1 Å². The number of nitrogens with zero attached hydrogens (tertiary/aromatic N) is 1. The van der Waals surface area contributed by atoms with Crippen LogP contribution in [0.5, 0.6) is 0 Å². The fraction of sp³-hybridized carbons (Fsp3) is 0.429. The normalized spacial score (nSPS) is 24.5. The van der Waals surface area contributed by atoms with Gasteiger partial charge >= 0.3 is 0 Å². The first-order valence-corrected chi connectivity index (χ1v) is 10.3. The summed E-state index contributed by atoms with van der Waals surface area (Å²) in [5.41, 5.74) is -0.967. The fourth-order valence-electron chi connectivity index (χ4n) is 2.65. The second kappa shape index (κ2) is 5.96. The quantitative estimate of drug-likeness (QED) is 0.751. The van der Waals surface area contributed by atoms with Crippen molar-refractivity contribution >= 4 is 31.5 Å². The molecule has 1 aliphatic rings. The SMILES string of the molecule is C=CCN([C@]1(C)CCS(=O)(=O)C1)S(=O)(=O)c1ccc(Cl)cc1. The van der Waals surface area contributed by atoms with Gasteiger partial charge in [-0.3, -0.25) is 0 Å². The van der Waals surface area contributed by atoms with Crippen LogP contribution in [0.2, 0.25) is 5.02 Å². The van der Waals surface area contributed by atoms with E-state index in [2.05, 4.69) is 6.58 Å². The Morgan fingerprint density at radius 3 is 2.41 bits per heavy atom. The highest BCUT2D eigenvalue weighted by Gasteiger charge is 2.47. The molecule has 0 unspecified atom stereocenters. The Morgan fingerprint density at radius 1 is 1.36 bits per heavy atom. The minimum atomic E-state index is -3.83. The van der Waals surface area contributed by atoms with E-state index in [0.29, 0.717) is 5.02 Å². The first-order chi connectivity index (χ1) is 10.1. The Morgan fingerprint density at radius 2 is 1.95 bits per heavy atom. The Labute approximate surface area is 136 Å². The summed E-state index contributed by atoms with van der Waals surface area (Å²) in [5, 5.41) is 0.434. The van der Waals surface area contributed by atoms with Crippen LogP contribution < -0.4 is 0 Å². The van der Waals surface area contributed by atoms with E-state index in [1.807, 2.05) is 0 Å². The van der Waals surface area contributed by atoms with Crippen molar-refractivity contribution in [1.82, 2.24) is 4.31 Å². The molecule has 8 heteroatoms. The predicted octanol–water partition coefficient (Wildman–Crippen LogP) is 2.09. The molecular formula is C14H18ClNO4S2. The van der Waals surface area contributed by atoms with Gasteiger partial charge in [0.25, 0.3) is 0 Å². The maximum Gasteiger partial charge on any atom is 0.243 e. The molecule has 122 valence electrons. The van der Waals surface area contributed by atoms with Crippen LogP contribution in [0.4, 0.5) is 0 Å². The third kappa shape index (κ3) is 3.37. The van der Waals surface area contributed by atoms with Crippen LogP contribution in [0.25, 0.3) is 0 Å². The van der Waals surface area contributed by atoms with Crippen molar-refractivity contribution in [2.45, 2.75) is 23.8 Å². The fourth-order valence-corrected chi connectivity index (χ4v) is 6.77. The molecule has 0 N–H and O–H groups in total. The van der Waals surface area contributed by atoms with Crippen LogP contribution in [0.1, 0.15) is 13.3 Å². The molecule has 0 aliphatic carbocycles. The molecule has 0 aromatic heterocycles. The molecule has 0 radical (unpaired) electrons.